The van der Waals surface area contributed by atoms with Gasteiger partial charge in [-0.3, -0.25) is 9.36 Å². The first-order valence-electron chi connectivity index (χ1n) is 9.60. The van der Waals surface area contributed by atoms with Crippen LogP contribution in [0.3, 0.4) is 0 Å². The molecule has 2 aliphatic rings. The highest BCUT2D eigenvalue weighted by Gasteiger charge is 2.34. The van der Waals surface area contributed by atoms with Crippen LogP contribution in [0.25, 0.3) is 27.4 Å². The van der Waals surface area contributed by atoms with E-state index in [9.17, 15) is 4.79 Å². The van der Waals surface area contributed by atoms with Crippen molar-refractivity contribution in [3.63, 3.8) is 0 Å². The Hall–Kier alpha value is -3.50. The molecule has 29 heavy (non-hydrogen) atoms. The van der Waals surface area contributed by atoms with Gasteiger partial charge in [0.25, 0.3) is 5.56 Å². The standard InChI is InChI=1S/C25H14N2OS/c28-25-17-8-2-1-7-15(17)16-13-14-22-24-23(16)27(25)19-10-4-3-9-18(19)26(24)20-11-5-6-12-21(20)29-22/h1-14H. The lowest BCUT2D eigenvalue weighted by atomic mass is 10.0. The van der Waals surface area contributed by atoms with E-state index in [4.69, 9.17) is 0 Å². The van der Waals surface area contributed by atoms with Gasteiger partial charge in [-0.25, -0.2) is 0 Å². The van der Waals surface area contributed by atoms with Crippen LogP contribution in [0.5, 0.6) is 0 Å². The molecule has 0 atom stereocenters. The van der Waals surface area contributed by atoms with Gasteiger partial charge in [0.05, 0.1) is 28.3 Å². The van der Waals surface area contributed by atoms with Crippen LogP contribution >= 0.6 is 11.8 Å². The Kier molecular flexibility index (Phi) is 2.82. The number of nitrogens with zero attached hydrogens (tertiary/aromatic N) is 2. The van der Waals surface area contributed by atoms with Crippen LogP contribution in [0.2, 0.25) is 0 Å². The Morgan fingerprint density at radius 2 is 1.28 bits per heavy atom. The van der Waals surface area contributed by atoms with E-state index in [0.29, 0.717) is 0 Å². The van der Waals surface area contributed by atoms with E-state index < -0.39 is 0 Å². The third kappa shape index (κ3) is 1.82. The van der Waals surface area contributed by atoms with Crippen molar-refractivity contribution in [2.24, 2.45) is 0 Å². The first-order chi connectivity index (χ1) is 14.3. The fourth-order valence-electron chi connectivity index (χ4n) is 4.72. The topological polar surface area (TPSA) is 25.2 Å². The second-order valence-electron chi connectivity index (χ2n) is 7.39. The van der Waals surface area contributed by atoms with Crippen molar-refractivity contribution in [2.45, 2.75) is 9.79 Å². The number of benzene rings is 4. The molecule has 0 spiro atoms. The molecular formula is C25H14N2OS. The molecule has 136 valence electrons. The zero-order valence-electron chi connectivity index (χ0n) is 15.3. The summed E-state index contributed by atoms with van der Waals surface area (Å²) in [5.41, 5.74) is 5.27. The number of hydrogen-bond donors (Lipinski definition) is 0. The average molecular weight is 390 g/mol. The minimum atomic E-state index is 0.0393. The fourth-order valence-corrected chi connectivity index (χ4v) is 5.79. The molecule has 0 N–H and O–H groups in total. The summed E-state index contributed by atoms with van der Waals surface area (Å²) in [6.45, 7) is 0. The number of rotatable bonds is 0. The lowest BCUT2D eigenvalue weighted by Crippen LogP contribution is -2.28. The van der Waals surface area contributed by atoms with E-state index in [0.717, 1.165) is 44.4 Å². The minimum Gasteiger partial charge on any atom is -0.304 e. The molecule has 0 fully saturated rings. The number of pyridine rings is 1. The van der Waals surface area contributed by atoms with Crippen LogP contribution in [0, 0.1) is 0 Å². The first-order valence-corrected chi connectivity index (χ1v) is 10.4. The number of para-hydroxylation sites is 3. The van der Waals surface area contributed by atoms with Crippen molar-refractivity contribution >= 4 is 50.5 Å². The molecule has 0 aliphatic carbocycles. The van der Waals surface area contributed by atoms with Gasteiger partial charge in [-0.05, 0) is 41.8 Å². The third-order valence-corrected chi connectivity index (χ3v) is 7.02. The van der Waals surface area contributed by atoms with Crippen LogP contribution in [-0.4, -0.2) is 4.57 Å². The van der Waals surface area contributed by atoms with Gasteiger partial charge in [-0.1, -0.05) is 60.3 Å². The van der Waals surface area contributed by atoms with Crippen molar-refractivity contribution in [2.75, 3.05) is 4.90 Å². The third-order valence-electron chi connectivity index (χ3n) is 5.90. The zero-order chi connectivity index (χ0) is 19.1. The zero-order valence-corrected chi connectivity index (χ0v) is 16.1. The average Bonchev–Trinajstić information content (AvgIpc) is 2.78. The van der Waals surface area contributed by atoms with E-state index >= 15 is 0 Å². The molecule has 5 aromatic rings. The van der Waals surface area contributed by atoms with Crippen molar-refractivity contribution in [1.29, 1.82) is 0 Å². The molecule has 0 saturated carbocycles. The molecular weight excluding hydrogens is 376 g/mol. The van der Waals surface area contributed by atoms with Gasteiger partial charge >= 0.3 is 0 Å². The summed E-state index contributed by atoms with van der Waals surface area (Å²) in [5.74, 6) is 0. The summed E-state index contributed by atoms with van der Waals surface area (Å²) in [7, 11) is 0. The smallest absolute Gasteiger partial charge is 0.263 e. The Balaban J connectivity index is 1.79. The number of anilines is 3. The van der Waals surface area contributed by atoms with Crippen molar-refractivity contribution < 1.29 is 0 Å². The fraction of sp³-hybridized carbons (Fsp3) is 0. The molecule has 4 aromatic carbocycles. The summed E-state index contributed by atoms with van der Waals surface area (Å²) in [4.78, 5) is 18.4. The SMILES string of the molecule is O=c1c2ccccc2c2ccc3c4c2n1-c1ccccc1N4c1ccccc1S3. The number of fused-ring (bicyclic) bond motifs is 7. The summed E-state index contributed by atoms with van der Waals surface area (Å²) in [6.07, 6.45) is 0. The predicted molar refractivity (Wildman–Crippen MR) is 119 cm³/mol. The number of hydrogen-bond acceptors (Lipinski definition) is 3. The highest BCUT2D eigenvalue weighted by molar-refractivity contribution is 7.99. The largest absolute Gasteiger partial charge is 0.304 e. The van der Waals surface area contributed by atoms with Crippen LogP contribution in [0.1, 0.15) is 0 Å². The Bertz CT molecular complexity index is 1570. The summed E-state index contributed by atoms with van der Waals surface area (Å²) >= 11 is 1.77. The van der Waals surface area contributed by atoms with E-state index in [1.54, 1.807) is 11.8 Å². The monoisotopic (exact) mass is 390 g/mol. The highest BCUT2D eigenvalue weighted by Crippen LogP contribution is 2.57. The maximum absolute atomic E-state index is 13.6. The van der Waals surface area contributed by atoms with Crippen LogP contribution in [0.4, 0.5) is 17.1 Å². The van der Waals surface area contributed by atoms with E-state index in [-0.39, 0.29) is 5.56 Å². The van der Waals surface area contributed by atoms with Crippen molar-refractivity contribution in [3.8, 4) is 5.69 Å². The van der Waals surface area contributed by atoms with Crippen LogP contribution in [-0.2, 0) is 0 Å². The predicted octanol–water partition coefficient (Wildman–Crippen LogP) is 6.39. The normalized spacial score (nSPS) is 13.4. The van der Waals surface area contributed by atoms with Gasteiger partial charge < -0.3 is 4.90 Å². The summed E-state index contributed by atoms with van der Waals surface area (Å²) in [6, 6.07) is 29.0. The quantitative estimate of drug-likeness (QED) is 0.281. The molecule has 1 aromatic heterocycles. The van der Waals surface area contributed by atoms with Crippen molar-refractivity contribution in [1.82, 2.24) is 4.57 Å². The molecule has 3 nitrogen and oxygen atoms in total. The number of aromatic nitrogens is 1. The van der Waals surface area contributed by atoms with E-state index in [1.165, 1.54) is 9.79 Å². The van der Waals surface area contributed by atoms with Gasteiger partial charge in [0, 0.05) is 20.6 Å². The summed E-state index contributed by atoms with van der Waals surface area (Å²) < 4.78 is 1.91. The molecule has 3 heterocycles. The van der Waals surface area contributed by atoms with Crippen molar-refractivity contribution in [3.05, 3.63) is 95.3 Å². The van der Waals surface area contributed by atoms with Gasteiger partial charge in [0.2, 0.25) is 0 Å². The molecule has 0 unspecified atom stereocenters. The Morgan fingerprint density at radius 1 is 0.586 bits per heavy atom. The molecule has 2 aliphatic heterocycles. The first kappa shape index (κ1) is 15.4. The molecule has 4 heteroatoms. The van der Waals surface area contributed by atoms with Gasteiger partial charge in [-0.15, -0.1) is 0 Å². The van der Waals surface area contributed by atoms with Gasteiger partial charge in [-0.2, -0.15) is 0 Å². The van der Waals surface area contributed by atoms with Crippen LogP contribution in [0.15, 0.2) is 99.5 Å². The molecule has 0 bridgehead atoms. The maximum Gasteiger partial charge on any atom is 0.263 e. The molecule has 7 rings (SSSR count). The molecule has 0 saturated heterocycles. The van der Waals surface area contributed by atoms with E-state index in [2.05, 4.69) is 53.4 Å². The Labute approximate surface area is 170 Å². The highest BCUT2D eigenvalue weighted by atomic mass is 32.2. The second-order valence-corrected chi connectivity index (χ2v) is 8.47. The lowest BCUT2D eigenvalue weighted by Gasteiger charge is -2.38. The van der Waals surface area contributed by atoms with E-state index in [1.807, 2.05) is 41.0 Å². The molecule has 0 radical (unpaired) electrons. The minimum absolute atomic E-state index is 0.0393. The maximum atomic E-state index is 13.6. The second kappa shape index (κ2) is 5.31. The molecule has 0 amide bonds. The van der Waals surface area contributed by atoms with Gasteiger partial charge in [0.15, 0.2) is 0 Å². The van der Waals surface area contributed by atoms with Crippen LogP contribution < -0.4 is 10.5 Å². The lowest BCUT2D eigenvalue weighted by molar-refractivity contribution is 1.01. The Morgan fingerprint density at radius 3 is 2.14 bits per heavy atom. The summed E-state index contributed by atoms with van der Waals surface area (Å²) in [5, 5.41) is 2.88. The van der Waals surface area contributed by atoms with Gasteiger partial charge in [0.1, 0.15) is 0 Å².